The lowest BCUT2D eigenvalue weighted by Crippen LogP contribution is -2.40. The molecule has 2 aliphatic rings. The van der Waals surface area contributed by atoms with Crippen LogP contribution in [-0.2, 0) is 4.74 Å². The predicted octanol–water partition coefficient (Wildman–Crippen LogP) is 5.48. The Labute approximate surface area is 205 Å². The van der Waals surface area contributed by atoms with E-state index >= 15 is 0 Å². The molecule has 1 amide bonds. The Balaban J connectivity index is 1.38. The summed E-state index contributed by atoms with van der Waals surface area (Å²) in [5.41, 5.74) is 5.40. The Morgan fingerprint density at radius 1 is 0.943 bits per heavy atom. The molecule has 5 rings (SSSR count). The van der Waals surface area contributed by atoms with Gasteiger partial charge in [-0.3, -0.25) is 4.90 Å². The number of carbonyl (C=O) groups is 2. The van der Waals surface area contributed by atoms with Gasteiger partial charge in [0.25, 0.3) is 0 Å². The normalized spacial score (nSPS) is 15.9. The highest BCUT2D eigenvalue weighted by molar-refractivity contribution is 5.92. The first-order valence-electron chi connectivity index (χ1n) is 12.2. The smallest absolute Gasteiger partial charge is 0.414 e. The number of fused-ring (bicyclic) bond motifs is 3. The number of carboxylic acid groups (broad SMARTS) is 1. The van der Waals surface area contributed by atoms with E-state index in [2.05, 4.69) is 36.2 Å². The summed E-state index contributed by atoms with van der Waals surface area (Å²) in [6.07, 6.45) is 1.54. The van der Waals surface area contributed by atoms with E-state index in [4.69, 9.17) is 4.74 Å². The van der Waals surface area contributed by atoms with Crippen molar-refractivity contribution in [2.75, 3.05) is 38.2 Å². The number of nitrogens with zero attached hydrogens (tertiary/aromatic N) is 2. The summed E-state index contributed by atoms with van der Waals surface area (Å²) in [6, 6.07) is 23.1. The molecule has 1 N–H and O–H groups in total. The summed E-state index contributed by atoms with van der Waals surface area (Å²) < 4.78 is 5.95. The molecule has 0 radical (unpaired) electrons. The van der Waals surface area contributed by atoms with Crippen molar-refractivity contribution in [2.45, 2.75) is 18.8 Å². The largest absolute Gasteiger partial charge is 0.478 e. The standard InChI is InChI=1S/C29H30N2O4/c1-30-15-13-20(14-16-30)18-31(22-8-6-7-21(17-22)28(32)33)29(34)35-19-27-25-11-4-2-9-23(25)24-10-3-5-12-26(24)27/h2-12,17,20,27H,13-16,18-19H2,1H3,(H,32,33). The number of benzene rings is 3. The van der Waals surface area contributed by atoms with Crippen LogP contribution in [0.2, 0.25) is 0 Å². The van der Waals surface area contributed by atoms with Gasteiger partial charge in [0.1, 0.15) is 6.61 Å². The molecule has 0 atom stereocenters. The topological polar surface area (TPSA) is 70.1 Å². The van der Waals surface area contributed by atoms with Crippen LogP contribution in [0.4, 0.5) is 10.5 Å². The lowest BCUT2D eigenvalue weighted by Gasteiger charge is -2.33. The second-order valence-electron chi connectivity index (χ2n) is 9.52. The van der Waals surface area contributed by atoms with Gasteiger partial charge in [0.05, 0.1) is 5.56 Å². The van der Waals surface area contributed by atoms with E-state index in [9.17, 15) is 14.7 Å². The van der Waals surface area contributed by atoms with Gasteiger partial charge in [0, 0.05) is 18.2 Å². The minimum Gasteiger partial charge on any atom is -0.478 e. The first-order valence-corrected chi connectivity index (χ1v) is 12.2. The average Bonchev–Trinajstić information content (AvgIpc) is 3.20. The molecule has 1 aliphatic heterocycles. The molecule has 0 bridgehead atoms. The highest BCUT2D eigenvalue weighted by Gasteiger charge is 2.31. The first-order chi connectivity index (χ1) is 17.0. The van der Waals surface area contributed by atoms with Crippen molar-refractivity contribution in [3.63, 3.8) is 0 Å². The lowest BCUT2D eigenvalue weighted by molar-refractivity contribution is 0.0696. The van der Waals surface area contributed by atoms with Gasteiger partial charge in [-0.1, -0.05) is 54.6 Å². The monoisotopic (exact) mass is 470 g/mol. The summed E-state index contributed by atoms with van der Waals surface area (Å²) >= 11 is 0. The molecule has 0 unspecified atom stereocenters. The van der Waals surface area contributed by atoms with Crippen molar-refractivity contribution in [2.24, 2.45) is 5.92 Å². The summed E-state index contributed by atoms with van der Waals surface area (Å²) in [6.45, 7) is 2.71. The van der Waals surface area contributed by atoms with E-state index in [1.165, 1.54) is 17.2 Å². The number of hydrogen-bond acceptors (Lipinski definition) is 4. The number of amides is 1. The molecule has 1 fully saturated rings. The molecule has 3 aromatic carbocycles. The Morgan fingerprint density at radius 3 is 2.20 bits per heavy atom. The molecule has 1 heterocycles. The van der Waals surface area contributed by atoms with Gasteiger partial charge >= 0.3 is 12.1 Å². The molecule has 35 heavy (non-hydrogen) atoms. The maximum atomic E-state index is 13.5. The van der Waals surface area contributed by atoms with Crippen LogP contribution in [0.3, 0.4) is 0 Å². The van der Waals surface area contributed by atoms with Gasteiger partial charge in [-0.2, -0.15) is 0 Å². The zero-order valence-electron chi connectivity index (χ0n) is 19.9. The van der Waals surface area contributed by atoms with Gasteiger partial charge in [0.15, 0.2) is 0 Å². The molecule has 3 aromatic rings. The number of carboxylic acids is 1. The van der Waals surface area contributed by atoms with Crippen molar-refractivity contribution < 1.29 is 19.4 Å². The van der Waals surface area contributed by atoms with E-state index in [1.54, 1.807) is 23.1 Å². The average molecular weight is 471 g/mol. The van der Waals surface area contributed by atoms with Gasteiger partial charge < -0.3 is 14.7 Å². The SMILES string of the molecule is CN1CCC(CN(C(=O)OCC2c3ccccc3-c3ccccc32)c2cccc(C(=O)O)c2)CC1. The van der Waals surface area contributed by atoms with Crippen molar-refractivity contribution >= 4 is 17.7 Å². The fourth-order valence-corrected chi connectivity index (χ4v) is 5.27. The van der Waals surface area contributed by atoms with Gasteiger partial charge in [0.2, 0.25) is 0 Å². The molecule has 1 saturated heterocycles. The Hall–Kier alpha value is -3.64. The summed E-state index contributed by atoms with van der Waals surface area (Å²) in [4.78, 5) is 29.0. The van der Waals surface area contributed by atoms with Crippen LogP contribution in [0, 0.1) is 5.92 Å². The molecule has 0 spiro atoms. The van der Waals surface area contributed by atoms with Crippen LogP contribution in [0.5, 0.6) is 0 Å². The molecule has 1 aliphatic carbocycles. The van der Waals surface area contributed by atoms with Gasteiger partial charge in [-0.05, 0) is 79.3 Å². The fraction of sp³-hybridized carbons (Fsp3) is 0.310. The quantitative estimate of drug-likeness (QED) is 0.516. The molecular formula is C29H30N2O4. The second kappa shape index (κ2) is 9.92. The van der Waals surface area contributed by atoms with Crippen molar-refractivity contribution in [1.82, 2.24) is 4.90 Å². The Kier molecular flexibility index (Phi) is 6.55. The number of carbonyl (C=O) groups excluding carboxylic acids is 1. The van der Waals surface area contributed by atoms with Gasteiger partial charge in [-0.15, -0.1) is 0 Å². The first kappa shape index (κ1) is 23.1. The van der Waals surface area contributed by atoms with Crippen molar-refractivity contribution in [3.05, 3.63) is 89.5 Å². The Morgan fingerprint density at radius 2 is 1.57 bits per heavy atom. The summed E-state index contributed by atoms with van der Waals surface area (Å²) in [7, 11) is 2.11. The van der Waals surface area contributed by atoms with Crippen LogP contribution in [-0.4, -0.2) is 55.4 Å². The fourth-order valence-electron chi connectivity index (χ4n) is 5.27. The predicted molar refractivity (Wildman–Crippen MR) is 136 cm³/mol. The maximum Gasteiger partial charge on any atom is 0.414 e. The molecule has 180 valence electrons. The number of ether oxygens (including phenoxy) is 1. The zero-order chi connectivity index (χ0) is 24.4. The third kappa shape index (κ3) is 4.80. The maximum absolute atomic E-state index is 13.5. The lowest BCUT2D eigenvalue weighted by atomic mass is 9.96. The van der Waals surface area contributed by atoms with Crippen LogP contribution < -0.4 is 4.90 Å². The highest BCUT2D eigenvalue weighted by Crippen LogP contribution is 2.44. The summed E-state index contributed by atoms with van der Waals surface area (Å²) in [5, 5.41) is 9.47. The molecule has 6 nitrogen and oxygen atoms in total. The molecule has 0 saturated carbocycles. The van der Waals surface area contributed by atoms with E-state index in [-0.39, 0.29) is 18.1 Å². The zero-order valence-corrected chi connectivity index (χ0v) is 19.9. The van der Waals surface area contributed by atoms with Crippen molar-refractivity contribution in [3.8, 4) is 11.1 Å². The third-order valence-electron chi connectivity index (χ3n) is 7.24. The number of rotatable bonds is 6. The second-order valence-corrected chi connectivity index (χ2v) is 9.52. The Bertz CT molecular complexity index is 1190. The number of anilines is 1. The van der Waals surface area contributed by atoms with Crippen LogP contribution in [0.25, 0.3) is 11.1 Å². The molecule has 6 heteroatoms. The highest BCUT2D eigenvalue weighted by atomic mass is 16.6. The van der Waals surface area contributed by atoms with Crippen LogP contribution >= 0.6 is 0 Å². The van der Waals surface area contributed by atoms with E-state index < -0.39 is 12.1 Å². The number of likely N-dealkylation sites (tertiary alicyclic amines) is 1. The molecular weight excluding hydrogens is 440 g/mol. The van der Waals surface area contributed by atoms with Crippen LogP contribution in [0.1, 0.15) is 40.2 Å². The number of piperidine rings is 1. The third-order valence-corrected chi connectivity index (χ3v) is 7.24. The van der Waals surface area contributed by atoms with E-state index in [0.29, 0.717) is 18.2 Å². The van der Waals surface area contributed by atoms with Gasteiger partial charge in [-0.25, -0.2) is 9.59 Å². The number of aromatic carboxylic acids is 1. The van der Waals surface area contributed by atoms with Crippen molar-refractivity contribution in [1.29, 1.82) is 0 Å². The van der Waals surface area contributed by atoms with Crippen LogP contribution in [0.15, 0.2) is 72.8 Å². The number of hydrogen-bond donors (Lipinski definition) is 1. The van der Waals surface area contributed by atoms with E-state index in [0.717, 1.165) is 37.1 Å². The summed E-state index contributed by atoms with van der Waals surface area (Å²) in [5.74, 6) is -0.708. The molecule has 0 aromatic heterocycles. The minimum absolute atomic E-state index is 0.0260. The van der Waals surface area contributed by atoms with E-state index in [1.807, 2.05) is 24.3 Å². The minimum atomic E-state index is -1.02.